The number of aryl methyl sites for hydroxylation is 2. The van der Waals surface area contributed by atoms with Gasteiger partial charge in [-0.3, -0.25) is 9.59 Å². The van der Waals surface area contributed by atoms with Gasteiger partial charge in [0.15, 0.2) is 0 Å². The Morgan fingerprint density at radius 3 is 2.56 bits per heavy atom. The Morgan fingerprint density at radius 1 is 1.06 bits per heavy atom. The van der Waals surface area contributed by atoms with Crippen LogP contribution < -0.4 is 10.9 Å². The van der Waals surface area contributed by atoms with Crippen LogP contribution in [-0.4, -0.2) is 25.5 Å². The fourth-order valence-corrected chi connectivity index (χ4v) is 4.05. The van der Waals surface area contributed by atoms with E-state index in [0.29, 0.717) is 11.4 Å². The topological polar surface area (TPSA) is 81.8 Å². The first-order chi connectivity index (χ1) is 15.4. The minimum atomic E-state index is -0.318. The largest absolute Gasteiger partial charge is 0.324 e. The van der Waals surface area contributed by atoms with Gasteiger partial charge in [0.25, 0.3) is 5.56 Å². The van der Waals surface area contributed by atoms with Gasteiger partial charge in [0.05, 0.1) is 17.6 Å². The summed E-state index contributed by atoms with van der Waals surface area (Å²) in [5.74, 6) is 0.0253. The Kier molecular flexibility index (Phi) is 4.89. The van der Waals surface area contributed by atoms with Gasteiger partial charge in [0.2, 0.25) is 5.91 Å². The van der Waals surface area contributed by atoms with Gasteiger partial charge >= 0.3 is 0 Å². The summed E-state index contributed by atoms with van der Waals surface area (Å²) >= 11 is 0. The molecule has 1 aliphatic rings. The molecule has 0 radical (unpaired) electrons. The van der Waals surface area contributed by atoms with E-state index in [1.54, 1.807) is 10.9 Å². The molecule has 5 rings (SSSR count). The summed E-state index contributed by atoms with van der Waals surface area (Å²) in [5.41, 5.74) is 5.71. The number of hydrogen-bond donors (Lipinski definition) is 1. The van der Waals surface area contributed by atoms with Gasteiger partial charge in [-0.1, -0.05) is 30.3 Å². The van der Waals surface area contributed by atoms with Gasteiger partial charge in [0, 0.05) is 17.0 Å². The number of para-hydroxylation sites is 1. The van der Waals surface area contributed by atoms with Crippen molar-refractivity contribution in [3.05, 3.63) is 81.4 Å². The van der Waals surface area contributed by atoms with E-state index in [-0.39, 0.29) is 18.0 Å². The van der Waals surface area contributed by atoms with Crippen LogP contribution in [0, 0.1) is 20.8 Å². The van der Waals surface area contributed by atoms with E-state index in [9.17, 15) is 9.59 Å². The molecule has 1 aliphatic carbocycles. The smallest absolute Gasteiger partial charge is 0.293 e. The van der Waals surface area contributed by atoms with Gasteiger partial charge in [-0.05, 0) is 62.4 Å². The number of carbonyl (C=O) groups is 1. The molecule has 1 saturated carbocycles. The van der Waals surface area contributed by atoms with Crippen molar-refractivity contribution in [3.63, 3.8) is 0 Å². The monoisotopic (exact) mass is 427 g/mol. The van der Waals surface area contributed by atoms with Crippen LogP contribution in [0.1, 0.15) is 41.1 Å². The molecule has 0 aliphatic heterocycles. The highest BCUT2D eigenvalue weighted by Gasteiger charge is 2.30. The van der Waals surface area contributed by atoms with Crippen molar-refractivity contribution in [2.45, 2.75) is 46.1 Å². The molecule has 2 heterocycles. The van der Waals surface area contributed by atoms with E-state index in [4.69, 9.17) is 0 Å². The predicted octanol–water partition coefficient (Wildman–Crippen LogP) is 4.02. The van der Waals surface area contributed by atoms with E-state index in [0.717, 1.165) is 52.0 Å². The molecule has 7 heteroatoms. The Bertz CT molecular complexity index is 1410. The van der Waals surface area contributed by atoms with Crippen LogP contribution in [0.25, 0.3) is 16.6 Å². The van der Waals surface area contributed by atoms with Crippen molar-refractivity contribution in [1.29, 1.82) is 0 Å². The van der Waals surface area contributed by atoms with Crippen molar-refractivity contribution in [1.82, 2.24) is 19.6 Å². The molecule has 0 spiro atoms. The molecule has 7 nitrogen and oxygen atoms in total. The zero-order chi connectivity index (χ0) is 22.4. The minimum Gasteiger partial charge on any atom is -0.324 e. The fraction of sp³-hybridized carbons (Fsp3) is 0.280. The molecule has 4 aromatic rings. The molecule has 0 saturated heterocycles. The normalized spacial score (nSPS) is 13.5. The van der Waals surface area contributed by atoms with Gasteiger partial charge in [-0.25, -0.2) is 9.36 Å². The quantitative estimate of drug-likeness (QED) is 0.521. The minimum absolute atomic E-state index is 0.152. The first kappa shape index (κ1) is 20.2. The van der Waals surface area contributed by atoms with E-state index in [1.807, 2.05) is 63.2 Å². The number of rotatable bonds is 5. The molecule has 32 heavy (non-hydrogen) atoms. The van der Waals surface area contributed by atoms with Gasteiger partial charge in [-0.15, -0.1) is 0 Å². The van der Waals surface area contributed by atoms with Crippen molar-refractivity contribution >= 4 is 22.5 Å². The van der Waals surface area contributed by atoms with Crippen LogP contribution in [0.4, 0.5) is 5.69 Å². The van der Waals surface area contributed by atoms with E-state index in [2.05, 4.69) is 15.5 Å². The summed E-state index contributed by atoms with van der Waals surface area (Å²) in [6, 6.07) is 13.6. The van der Waals surface area contributed by atoms with Crippen LogP contribution in [0.3, 0.4) is 0 Å². The standard InChI is InChI=1S/C25H25N5O2/c1-15-8-6-9-20(17(15)3)27-22(31)14-29-25(32)24-19(23(28-29)18-11-12-18)13-26-30(24)21-10-5-4-7-16(21)2/h4-10,13,18H,11-12,14H2,1-3H3,(H,27,31). The summed E-state index contributed by atoms with van der Waals surface area (Å²) in [6.07, 6.45) is 3.79. The Labute approximate surface area is 185 Å². The first-order valence-corrected chi connectivity index (χ1v) is 10.8. The van der Waals surface area contributed by atoms with Crippen molar-refractivity contribution in [3.8, 4) is 5.69 Å². The van der Waals surface area contributed by atoms with E-state index >= 15 is 0 Å². The van der Waals surface area contributed by atoms with Crippen LogP contribution in [0.5, 0.6) is 0 Å². The second kappa shape index (κ2) is 7.75. The lowest BCUT2D eigenvalue weighted by atomic mass is 10.1. The van der Waals surface area contributed by atoms with Gasteiger partial charge in [-0.2, -0.15) is 10.2 Å². The molecule has 0 atom stereocenters. The zero-order valence-corrected chi connectivity index (χ0v) is 18.4. The average Bonchev–Trinajstić information content (AvgIpc) is 3.52. The lowest BCUT2D eigenvalue weighted by Crippen LogP contribution is -2.31. The fourth-order valence-electron chi connectivity index (χ4n) is 4.05. The molecular weight excluding hydrogens is 402 g/mol. The molecule has 1 amide bonds. The third-order valence-corrected chi connectivity index (χ3v) is 6.19. The maximum atomic E-state index is 13.5. The number of amides is 1. The second-order valence-electron chi connectivity index (χ2n) is 8.52. The SMILES string of the molecule is Cc1ccccc1-n1ncc2c(C3CC3)nn(CC(=O)Nc3cccc(C)c3C)c(=O)c21. The third kappa shape index (κ3) is 3.49. The number of fused-ring (bicyclic) bond motifs is 1. The van der Waals surface area contributed by atoms with E-state index in [1.165, 1.54) is 4.68 Å². The van der Waals surface area contributed by atoms with E-state index < -0.39 is 0 Å². The number of nitrogens with one attached hydrogen (secondary N) is 1. The van der Waals surface area contributed by atoms with Gasteiger partial charge in [0.1, 0.15) is 12.1 Å². The Morgan fingerprint density at radius 2 is 1.81 bits per heavy atom. The molecule has 2 aromatic heterocycles. The number of benzene rings is 2. The maximum Gasteiger partial charge on any atom is 0.293 e. The van der Waals surface area contributed by atoms with Crippen LogP contribution in [-0.2, 0) is 11.3 Å². The second-order valence-corrected chi connectivity index (χ2v) is 8.52. The summed E-state index contributed by atoms with van der Waals surface area (Å²) in [4.78, 5) is 26.3. The average molecular weight is 428 g/mol. The molecule has 162 valence electrons. The van der Waals surface area contributed by atoms with Crippen molar-refractivity contribution < 1.29 is 4.79 Å². The van der Waals surface area contributed by atoms with Crippen LogP contribution in [0.2, 0.25) is 0 Å². The molecule has 1 N–H and O–H groups in total. The zero-order valence-electron chi connectivity index (χ0n) is 18.4. The van der Waals surface area contributed by atoms with Crippen molar-refractivity contribution in [2.24, 2.45) is 0 Å². The molecule has 0 bridgehead atoms. The lowest BCUT2D eigenvalue weighted by molar-refractivity contribution is -0.117. The Hall–Kier alpha value is -3.74. The molecule has 1 fully saturated rings. The number of aromatic nitrogens is 4. The third-order valence-electron chi connectivity index (χ3n) is 6.19. The van der Waals surface area contributed by atoms with Crippen molar-refractivity contribution in [2.75, 3.05) is 5.32 Å². The number of carbonyl (C=O) groups excluding carboxylic acids is 1. The number of hydrogen-bond acceptors (Lipinski definition) is 4. The number of anilines is 1. The summed E-state index contributed by atoms with van der Waals surface area (Å²) in [5, 5.41) is 12.8. The van der Waals surface area contributed by atoms with Crippen LogP contribution in [0.15, 0.2) is 53.5 Å². The summed E-state index contributed by atoms with van der Waals surface area (Å²) in [7, 11) is 0. The highest BCUT2D eigenvalue weighted by molar-refractivity contribution is 5.91. The summed E-state index contributed by atoms with van der Waals surface area (Å²) < 4.78 is 2.96. The Balaban J connectivity index is 1.58. The highest BCUT2D eigenvalue weighted by atomic mass is 16.2. The van der Waals surface area contributed by atoms with Crippen LogP contribution >= 0.6 is 0 Å². The first-order valence-electron chi connectivity index (χ1n) is 10.8. The predicted molar refractivity (Wildman–Crippen MR) is 124 cm³/mol. The summed E-state index contributed by atoms with van der Waals surface area (Å²) in [6.45, 7) is 5.80. The molecular formula is C25H25N5O2. The lowest BCUT2D eigenvalue weighted by Gasteiger charge is -2.13. The number of nitrogens with zero attached hydrogens (tertiary/aromatic N) is 4. The maximum absolute atomic E-state index is 13.5. The molecule has 2 aromatic carbocycles. The molecule has 0 unspecified atom stereocenters. The highest BCUT2D eigenvalue weighted by Crippen LogP contribution is 2.41. The van der Waals surface area contributed by atoms with Gasteiger partial charge < -0.3 is 5.32 Å².